The summed E-state index contributed by atoms with van der Waals surface area (Å²) >= 11 is 0. The minimum Gasteiger partial charge on any atom is -0.467 e. The zero-order chi connectivity index (χ0) is 33.0. The Labute approximate surface area is 256 Å². The summed E-state index contributed by atoms with van der Waals surface area (Å²) in [6, 6.07) is 2.97. The van der Waals surface area contributed by atoms with Crippen molar-refractivity contribution >= 4 is 35.9 Å². The van der Waals surface area contributed by atoms with Crippen LogP contribution >= 0.6 is 0 Å². The molecule has 0 spiro atoms. The quantitative estimate of drug-likeness (QED) is 0.356. The molecule has 4 atom stereocenters. The van der Waals surface area contributed by atoms with Crippen molar-refractivity contribution in [3.8, 4) is 0 Å². The van der Waals surface area contributed by atoms with Crippen LogP contribution in [0, 0.1) is 0 Å². The van der Waals surface area contributed by atoms with Gasteiger partial charge < -0.3 is 29.6 Å². The number of amides is 4. The number of nitrogens with one attached hydrogen (secondary N) is 2. The van der Waals surface area contributed by atoms with Gasteiger partial charge in [0, 0.05) is 49.1 Å². The van der Waals surface area contributed by atoms with Gasteiger partial charge in [-0.25, -0.2) is 19.2 Å². The maximum atomic E-state index is 13.2. The second-order valence-corrected chi connectivity index (χ2v) is 12.7. The van der Waals surface area contributed by atoms with Gasteiger partial charge in [-0.15, -0.1) is 0 Å². The summed E-state index contributed by atoms with van der Waals surface area (Å²) in [4.78, 5) is 79.0. The van der Waals surface area contributed by atoms with Crippen molar-refractivity contribution < 1.29 is 47.7 Å². The average Bonchev–Trinajstić information content (AvgIpc) is 3.55. The molecule has 4 amide bonds. The van der Waals surface area contributed by atoms with Gasteiger partial charge in [-0.05, 0) is 59.7 Å². The molecule has 2 heterocycles. The number of benzene rings is 1. The lowest BCUT2D eigenvalue weighted by molar-refractivity contribution is -0.146. The molecule has 1 aromatic rings. The fraction of sp³-hybridized carbons (Fsp3) is 0.600. The van der Waals surface area contributed by atoms with Gasteiger partial charge in [-0.2, -0.15) is 0 Å². The zero-order valence-electron chi connectivity index (χ0n) is 26.4. The van der Waals surface area contributed by atoms with Crippen LogP contribution in [0.5, 0.6) is 0 Å². The van der Waals surface area contributed by atoms with Gasteiger partial charge in [0.05, 0.1) is 14.2 Å². The molecular weight excluding hydrogens is 576 g/mol. The molecule has 44 heavy (non-hydrogen) atoms. The molecule has 0 bridgehead atoms. The summed E-state index contributed by atoms with van der Waals surface area (Å²) in [6.45, 7) is 10.3. The Morgan fingerprint density at radius 2 is 1.05 bits per heavy atom. The van der Waals surface area contributed by atoms with Crippen LogP contribution in [0.2, 0.25) is 0 Å². The van der Waals surface area contributed by atoms with Gasteiger partial charge in [0.2, 0.25) is 0 Å². The van der Waals surface area contributed by atoms with Crippen LogP contribution in [0.1, 0.15) is 75.1 Å². The van der Waals surface area contributed by atoms with E-state index in [4.69, 9.17) is 18.9 Å². The maximum Gasteiger partial charge on any atom is 0.411 e. The summed E-state index contributed by atoms with van der Waals surface area (Å²) in [7, 11) is 2.43. The van der Waals surface area contributed by atoms with Gasteiger partial charge in [-0.3, -0.25) is 19.4 Å². The number of likely N-dealkylation sites (tertiary alicyclic amines) is 2. The molecule has 0 saturated carbocycles. The van der Waals surface area contributed by atoms with E-state index in [0.29, 0.717) is 0 Å². The molecule has 14 nitrogen and oxygen atoms in total. The van der Waals surface area contributed by atoms with E-state index in [1.807, 2.05) is 0 Å². The molecule has 2 saturated heterocycles. The van der Waals surface area contributed by atoms with Crippen LogP contribution in [0.3, 0.4) is 0 Å². The van der Waals surface area contributed by atoms with Gasteiger partial charge in [-0.1, -0.05) is 6.07 Å². The highest BCUT2D eigenvalue weighted by Gasteiger charge is 2.44. The molecule has 0 aliphatic carbocycles. The van der Waals surface area contributed by atoms with E-state index < -0.39 is 71.3 Å². The lowest BCUT2D eigenvalue weighted by atomic mass is 10.1. The lowest BCUT2D eigenvalue weighted by Gasteiger charge is -2.27. The molecule has 0 unspecified atom stereocenters. The molecule has 1 aromatic carbocycles. The van der Waals surface area contributed by atoms with Crippen molar-refractivity contribution in [3.63, 3.8) is 0 Å². The van der Waals surface area contributed by atoms with Gasteiger partial charge in [0.15, 0.2) is 0 Å². The number of carbonyl (C=O) groups excluding carboxylic acids is 6. The van der Waals surface area contributed by atoms with E-state index in [0.717, 1.165) is 0 Å². The number of hydrogen-bond acceptors (Lipinski definition) is 10. The minimum absolute atomic E-state index is 0.0256. The largest absolute Gasteiger partial charge is 0.467 e. The minimum atomic E-state index is -0.933. The first kappa shape index (κ1) is 34.1. The maximum absolute atomic E-state index is 13.2. The number of esters is 2. The van der Waals surface area contributed by atoms with Crippen molar-refractivity contribution in [3.05, 3.63) is 35.4 Å². The van der Waals surface area contributed by atoms with Crippen molar-refractivity contribution in [2.75, 3.05) is 27.3 Å². The zero-order valence-corrected chi connectivity index (χ0v) is 26.4. The Morgan fingerprint density at radius 3 is 1.36 bits per heavy atom. The van der Waals surface area contributed by atoms with E-state index >= 15 is 0 Å². The molecule has 2 aliphatic heterocycles. The second kappa shape index (κ2) is 13.5. The predicted molar refractivity (Wildman–Crippen MR) is 156 cm³/mol. The molecule has 2 N–H and O–H groups in total. The van der Waals surface area contributed by atoms with Crippen LogP contribution in [0.15, 0.2) is 24.3 Å². The topological polar surface area (TPSA) is 170 Å². The van der Waals surface area contributed by atoms with E-state index in [1.165, 1.54) is 42.2 Å². The number of carbonyl (C=O) groups is 6. The van der Waals surface area contributed by atoms with E-state index in [9.17, 15) is 28.8 Å². The second-order valence-electron chi connectivity index (χ2n) is 12.7. The normalized spacial score (nSPS) is 21.7. The average molecular weight is 619 g/mol. The summed E-state index contributed by atoms with van der Waals surface area (Å²) in [5, 5.41) is 5.63. The van der Waals surface area contributed by atoms with Gasteiger partial charge in [0.25, 0.3) is 11.8 Å². The molecule has 0 radical (unpaired) electrons. The van der Waals surface area contributed by atoms with E-state index in [1.54, 1.807) is 47.6 Å². The number of nitrogens with zero attached hydrogens (tertiary/aromatic N) is 2. The van der Waals surface area contributed by atoms with Crippen molar-refractivity contribution in [2.45, 2.75) is 89.8 Å². The SMILES string of the molecule is COC(=O)[C@@H]1C[C@H](NC(=O)c2cccc(C(=O)N[C@H]3C[C@@H](C(=O)OC)N(C(=O)OC(C)(C)C)C3)c2)CN1C(=O)OC(C)(C)C. The highest BCUT2D eigenvalue weighted by molar-refractivity contribution is 6.00. The van der Waals surface area contributed by atoms with E-state index in [2.05, 4.69) is 10.6 Å². The Hall–Kier alpha value is -4.36. The molecule has 2 aliphatic rings. The van der Waals surface area contributed by atoms with Crippen LogP contribution in [-0.4, -0.2) is 108 Å². The van der Waals surface area contributed by atoms with E-state index in [-0.39, 0.29) is 37.1 Å². The molecule has 14 heteroatoms. The smallest absolute Gasteiger partial charge is 0.411 e. The van der Waals surface area contributed by atoms with Crippen LogP contribution in [0.4, 0.5) is 9.59 Å². The molecular formula is C30H42N4O10. The lowest BCUT2D eigenvalue weighted by Crippen LogP contribution is -2.44. The monoisotopic (exact) mass is 618 g/mol. The summed E-state index contributed by atoms with van der Waals surface area (Å²) < 4.78 is 20.5. The van der Waals surface area contributed by atoms with Crippen LogP contribution < -0.4 is 10.6 Å². The molecule has 242 valence electrons. The summed E-state index contributed by atoms with van der Waals surface area (Å²) in [5.74, 6) is -2.28. The third-order valence-electron chi connectivity index (χ3n) is 6.86. The number of hydrogen-bond donors (Lipinski definition) is 2. The van der Waals surface area contributed by atoms with Crippen LogP contribution in [-0.2, 0) is 28.5 Å². The van der Waals surface area contributed by atoms with Gasteiger partial charge in [0.1, 0.15) is 23.3 Å². The number of methoxy groups -OCH3 is 2. The van der Waals surface area contributed by atoms with Crippen LogP contribution in [0.25, 0.3) is 0 Å². The van der Waals surface area contributed by atoms with Crippen molar-refractivity contribution in [1.29, 1.82) is 0 Å². The third kappa shape index (κ3) is 8.83. The first-order chi connectivity index (χ1) is 20.4. The number of ether oxygens (including phenoxy) is 4. The van der Waals surface area contributed by atoms with Gasteiger partial charge >= 0.3 is 24.1 Å². The first-order valence-corrected chi connectivity index (χ1v) is 14.3. The van der Waals surface area contributed by atoms with Crippen molar-refractivity contribution in [2.24, 2.45) is 0 Å². The third-order valence-corrected chi connectivity index (χ3v) is 6.86. The highest BCUT2D eigenvalue weighted by atomic mass is 16.6. The fourth-order valence-corrected chi connectivity index (χ4v) is 4.98. The standard InChI is InChI=1S/C30H42N4O10/c1-29(2,3)43-27(39)33-15-19(13-21(33)25(37)41-7)31-23(35)17-10-9-11-18(12-17)24(36)32-20-14-22(26(38)42-8)34(16-20)28(40)44-30(4,5)6/h9-12,19-22H,13-16H2,1-8H3,(H,31,35)(H,32,36)/t19-,20-,21-,22-/m0/s1. The fourth-order valence-electron chi connectivity index (χ4n) is 4.98. The Kier molecular flexibility index (Phi) is 10.5. The Morgan fingerprint density at radius 1 is 0.682 bits per heavy atom. The highest BCUT2D eigenvalue weighted by Crippen LogP contribution is 2.24. The summed E-state index contributed by atoms with van der Waals surface area (Å²) in [6.07, 6.45) is -1.16. The molecule has 3 rings (SSSR count). The molecule has 2 fully saturated rings. The van der Waals surface area contributed by atoms with Crippen molar-refractivity contribution in [1.82, 2.24) is 20.4 Å². The Bertz CT molecular complexity index is 1190. The molecule has 0 aromatic heterocycles. The predicted octanol–water partition coefficient (Wildman–Crippen LogP) is 2.25. The first-order valence-electron chi connectivity index (χ1n) is 14.3. The Balaban J connectivity index is 1.68. The number of rotatable bonds is 6. The summed E-state index contributed by atoms with van der Waals surface area (Å²) in [5.41, 5.74) is -1.21.